The molecule has 2 amide bonds. The number of amides is 2. The molecule has 0 unspecified atom stereocenters. The van der Waals surface area contributed by atoms with E-state index in [4.69, 9.17) is 4.74 Å². The van der Waals surface area contributed by atoms with Gasteiger partial charge in [-0.1, -0.05) is 13.0 Å². The number of nitrogens with zero attached hydrogens (tertiary/aromatic N) is 4. The van der Waals surface area contributed by atoms with E-state index in [-0.39, 0.29) is 19.1 Å². The Balaban J connectivity index is 1.39. The first-order valence-electron chi connectivity index (χ1n) is 10.7. The summed E-state index contributed by atoms with van der Waals surface area (Å²) < 4.78 is 5.01. The molecule has 2 aliphatic rings. The average Bonchev–Trinajstić information content (AvgIpc) is 3.19. The molecule has 164 valence electrons. The Labute approximate surface area is 182 Å². The van der Waals surface area contributed by atoms with Crippen LogP contribution in [0.15, 0.2) is 36.5 Å². The van der Waals surface area contributed by atoms with Gasteiger partial charge in [0, 0.05) is 43.6 Å². The summed E-state index contributed by atoms with van der Waals surface area (Å²) in [4.78, 5) is 35.0. The first kappa shape index (κ1) is 21.1. The summed E-state index contributed by atoms with van der Waals surface area (Å²) in [6.07, 6.45) is 2.42. The van der Waals surface area contributed by atoms with E-state index in [0.717, 1.165) is 30.9 Å². The van der Waals surface area contributed by atoms with Crippen LogP contribution in [0.2, 0.25) is 0 Å². The van der Waals surface area contributed by atoms with Gasteiger partial charge in [-0.2, -0.15) is 0 Å². The number of aliphatic hydroxyl groups is 1. The number of rotatable bonds is 5. The van der Waals surface area contributed by atoms with Gasteiger partial charge in [0.05, 0.1) is 12.6 Å². The van der Waals surface area contributed by atoms with Crippen LogP contribution in [0.3, 0.4) is 0 Å². The molecule has 2 aromatic rings. The van der Waals surface area contributed by atoms with Crippen molar-refractivity contribution in [2.24, 2.45) is 0 Å². The molecule has 4 rings (SSSR count). The minimum Gasteiger partial charge on any atom is -0.447 e. The lowest BCUT2D eigenvalue weighted by Gasteiger charge is -2.36. The number of piperazine rings is 1. The zero-order chi connectivity index (χ0) is 22.0. The molecule has 1 aromatic heterocycles. The van der Waals surface area contributed by atoms with Gasteiger partial charge in [-0.3, -0.25) is 9.69 Å². The van der Waals surface area contributed by atoms with Crippen LogP contribution in [-0.2, 0) is 11.2 Å². The lowest BCUT2D eigenvalue weighted by atomic mass is 10.1. The molecule has 3 heterocycles. The maximum atomic E-state index is 13.0. The van der Waals surface area contributed by atoms with Gasteiger partial charge < -0.3 is 19.6 Å². The van der Waals surface area contributed by atoms with Crippen LogP contribution in [0.1, 0.15) is 28.4 Å². The number of anilines is 2. The number of aliphatic hydroxyl groups excluding tert-OH is 1. The summed E-state index contributed by atoms with van der Waals surface area (Å²) in [5.41, 5.74) is 3.58. The number of benzene rings is 1. The van der Waals surface area contributed by atoms with E-state index in [1.54, 1.807) is 24.3 Å². The molecule has 8 nitrogen and oxygen atoms in total. The summed E-state index contributed by atoms with van der Waals surface area (Å²) in [7, 11) is 0. The first-order valence-corrected chi connectivity index (χ1v) is 10.7. The minimum atomic E-state index is -0.481. The van der Waals surface area contributed by atoms with E-state index in [0.29, 0.717) is 24.3 Å². The molecule has 2 saturated heterocycles. The molecule has 0 saturated carbocycles. The SMILES string of the molecule is CCc1cnc(N2CCN(C(=O)c3ccc(N4C(=O)OC[C@H]4CO)cc3)CC2)c(C)c1. The number of hydrogen-bond acceptors (Lipinski definition) is 6. The van der Waals surface area contributed by atoms with Gasteiger partial charge in [0.15, 0.2) is 0 Å². The zero-order valence-corrected chi connectivity index (χ0v) is 18.0. The topological polar surface area (TPSA) is 86.2 Å². The van der Waals surface area contributed by atoms with Crippen LogP contribution in [0, 0.1) is 6.92 Å². The lowest BCUT2D eigenvalue weighted by molar-refractivity contribution is 0.0746. The Morgan fingerprint density at radius 2 is 1.90 bits per heavy atom. The van der Waals surface area contributed by atoms with Gasteiger partial charge in [-0.15, -0.1) is 0 Å². The summed E-state index contributed by atoms with van der Waals surface area (Å²) in [5, 5.41) is 9.43. The smallest absolute Gasteiger partial charge is 0.414 e. The molecular weight excluding hydrogens is 396 g/mol. The number of carbonyl (C=O) groups is 2. The fraction of sp³-hybridized carbons (Fsp3) is 0.435. The van der Waals surface area contributed by atoms with Gasteiger partial charge in [0.2, 0.25) is 0 Å². The van der Waals surface area contributed by atoms with E-state index in [1.807, 2.05) is 11.1 Å². The second-order valence-corrected chi connectivity index (χ2v) is 7.95. The first-order chi connectivity index (χ1) is 15.0. The average molecular weight is 425 g/mol. The van der Waals surface area contributed by atoms with Crippen molar-refractivity contribution in [2.45, 2.75) is 26.3 Å². The molecule has 1 aromatic carbocycles. The highest BCUT2D eigenvalue weighted by Gasteiger charge is 2.34. The Kier molecular flexibility index (Phi) is 6.08. The highest BCUT2D eigenvalue weighted by molar-refractivity contribution is 5.96. The molecule has 1 N–H and O–H groups in total. The maximum Gasteiger partial charge on any atom is 0.414 e. The Morgan fingerprint density at radius 3 is 2.52 bits per heavy atom. The molecular formula is C23H28N4O4. The largest absolute Gasteiger partial charge is 0.447 e. The molecule has 0 aliphatic carbocycles. The predicted octanol–water partition coefficient (Wildman–Crippen LogP) is 2.23. The van der Waals surface area contributed by atoms with Crippen molar-refractivity contribution in [3.05, 3.63) is 53.2 Å². The number of ether oxygens (including phenoxy) is 1. The highest BCUT2D eigenvalue weighted by Crippen LogP contribution is 2.24. The summed E-state index contributed by atoms with van der Waals surface area (Å²) in [5.74, 6) is 0.963. The lowest BCUT2D eigenvalue weighted by Crippen LogP contribution is -2.49. The fourth-order valence-corrected chi connectivity index (χ4v) is 4.13. The third-order valence-corrected chi connectivity index (χ3v) is 5.95. The normalized spacial score (nSPS) is 19.0. The van der Waals surface area contributed by atoms with Gasteiger partial charge in [0.1, 0.15) is 12.4 Å². The number of aromatic nitrogens is 1. The van der Waals surface area contributed by atoms with E-state index in [2.05, 4.69) is 29.8 Å². The number of carbonyl (C=O) groups excluding carboxylic acids is 2. The molecule has 2 fully saturated rings. The van der Waals surface area contributed by atoms with Crippen molar-refractivity contribution in [1.29, 1.82) is 0 Å². The molecule has 0 bridgehead atoms. The standard InChI is InChI=1S/C23H28N4O4/c1-3-17-12-16(2)21(24-13-17)25-8-10-26(11-9-25)22(29)18-4-6-19(7-5-18)27-20(14-28)15-31-23(27)30/h4-7,12-13,20,28H,3,8-11,14-15H2,1-2H3/t20-/m1/s1. The zero-order valence-electron chi connectivity index (χ0n) is 18.0. The van der Waals surface area contributed by atoms with Crippen LogP contribution >= 0.6 is 0 Å². The third-order valence-electron chi connectivity index (χ3n) is 5.95. The Hall–Kier alpha value is -3.13. The summed E-state index contributed by atoms with van der Waals surface area (Å²) in [6, 6.07) is 8.67. The molecule has 0 radical (unpaired) electrons. The van der Waals surface area contributed by atoms with Crippen LogP contribution in [0.25, 0.3) is 0 Å². The van der Waals surface area contributed by atoms with Crippen LogP contribution in [-0.4, -0.2) is 72.4 Å². The molecule has 8 heteroatoms. The van der Waals surface area contributed by atoms with Crippen molar-refractivity contribution in [2.75, 3.05) is 49.2 Å². The fourth-order valence-electron chi connectivity index (χ4n) is 4.13. The van der Waals surface area contributed by atoms with E-state index in [9.17, 15) is 14.7 Å². The number of pyridine rings is 1. The summed E-state index contributed by atoms with van der Waals surface area (Å²) in [6.45, 7) is 6.92. The van der Waals surface area contributed by atoms with Gasteiger partial charge in [0.25, 0.3) is 5.91 Å². The molecule has 31 heavy (non-hydrogen) atoms. The third kappa shape index (κ3) is 4.20. The van der Waals surface area contributed by atoms with Crippen LogP contribution in [0.5, 0.6) is 0 Å². The Bertz CT molecular complexity index is 955. The van der Waals surface area contributed by atoms with Crippen molar-refractivity contribution in [3.63, 3.8) is 0 Å². The number of aryl methyl sites for hydroxylation is 2. The second-order valence-electron chi connectivity index (χ2n) is 7.95. The summed E-state index contributed by atoms with van der Waals surface area (Å²) >= 11 is 0. The number of cyclic esters (lactones) is 1. The highest BCUT2D eigenvalue weighted by atomic mass is 16.6. The van der Waals surface area contributed by atoms with Crippen molar-refractivity contribution >= 4 is 23.5 Å². The van der Waals surface area contributed by atoms with Crippen molar-refractivity contribution in [3.8, 4) is 0 Å². The van der Waals surface area contributed by atoms with E-state index in [1.165, 1.54) is 10.5 Å². The van der Waals surface area contributed by atoms with E-state index < -0.39 is 12.1 Å². The quantitative estimate of drug-likeness (QED) is 0.792. The Morgan fingerprint density at radius 1 is 1.19 bits per heavy atom. The van der Waals surface area contributed by atoms with Gasteiger partial charge in [-0.05, 0) is 48.7 Å². The number of hydrogen-bond donors (Lipinski definition) is 1. The van der Waals surface area contributed by atoms with E-state index >= 15 is 0 Å². The van der Waals surface area contributed by atoms with Crippen LogP contribution < -0.4 is 9.80 Å². The van der Waals surface area contributed by atoms with Crippen molar-refractivity contribution in [1.82, 2.24) is 9.88 Å². The predicted molar refractivity (Wildman–Crippen MR) is 118 cm³/mol. The maximum absolute atomic E-state index is 13.0. The monoisotopic (exact) mass is 424 g/mol. The van der Waals surface area contributed by atoms with Gasteiger partial charge in [-0.25, -0.2) is 9.78 Å². The molecule has 2 aliphatic heterocycles. The molecule has 0 spiro atoms. The van der Waals surface area contributed by atoms with Crippen LogP contribution in [0.4, 0.5) is 16.3 Å². The molecule has 1 atom stereocenters. The van der Waals surface area contributed by atoms with Crippen molar-refractivity contribution < 1.29 is 19.4 Å². The minimum absolute atomic E-state index is 0.0279. The van der Waals surface area contributed by atoms with Gasteiger partial charge >= 0.3 is 6.09 Å². The second kappa shape index (κ2) is 8.93.